The van der Waals surface area contributed by atoms with E-state index in [-0.39, 0.29) is 11.6 Å². The molecule has 1 aromatic rings. The molecule has 0 bridgehead atoms. The average molecular weight is 254 g/mol. The van der Waals surface area contributed by atoms with E-state index >= 15 is 0 Å². The van der Waals surface area contributed by atoms with Gasteiger partial charge in [0.15, 0.2) is 0 Å². The van der Waals surface area contributed by atoms with E-state index in [1.54, 1.807) is 30.3 Å². The molecule has 1 aromatic carbocycles. The standard InChI is InChI=1S/C11H13N.C2H2O4/c1-12-8-7-11(9-12)10-5-3-2-4-6-10;3-1(4)2(5)6/h2-7H,8-9H2,1H3;(H,3,4)(H,5,6)/i7D,8D2,9D2;. The number of rotatable bonds is 1. The second-order valence-electron chi connectivity index (χ2n) is 3.26. The molecule has 18 heavy (non-hydrogen) atoms. The smallest absolute Gasteiger partial charge is 0.414 e. The largest absolute Gasteiger partial charge is 0.473 e. The number of likely N-dealkylation sites (N-methyl/N-ethyl adjacent to an activating group) is 1. The molecule has 5 nitrogen and oxygen atoms in total. The van der Waals surface area contributed by atoms with Gasteiger partial charge in [0.2, 0.25) is 0 Å². The molecule has 1 aliphatic rings. The van der Waals surface area contributed by atoms with Gasteiger partial charge in [-0.3, -0.25) is 4.90 Å². The molecule has 2 rings (SSSR count). The Balaban J connectivity index is 0.000000379. The number of carboxylic acids is 2. The third-order valence-corrected chi connectivity index (χ3v) is 1.87. The van der Waals surface area contributed by atoms with Gasteiger partial charge < -0.3 is 10.2 Å². The van der Waals surface area contributed by atoms with Crippen LogP contribution in [0, 0.1) is 0 Å². The van der Waals surface area contributed by atoms with E-state index in [9.17, 15) is 0 Å². The molecule has 5 heteroatoms. The van der Waals surface area contributed by atoms with Gasteiger partial charge in [0.1, 0.15) is 0 Å². The first-order chi connectivity index (χ1) is 10.4. The van der Waals surface area contributed by atoms with E-state index < -0.39 is 24.9 Å². The van der Waals surface area contributed by atoms with Gasteiger partial charge in [-0.15, -0.1) is 0 Å². The van der Waals surface area contributed by atoms with Crippen molar-refractivity contribution in [3.8, 4) is 0 Å². The number of nitrogens with zero attached hydrogens (tertiary/aromatic N) is 1. The van der Waals surface area contributed by atoms with Gasteiger partial charge in [-0.2, -0.15) is 0 Å². The molecular weight excluding hydrogens is 234 g/mol. The Labute approximate surface area is 112 Å². The lowest BCUT2D eigenvalue weighted by atomic mass is 10.1. The number of benzene rings is 1. The lowest BCUT2D eigenvalue weighted by molar-refractivity contribution is -0.159. The Morgan fingerprint density at radius 3 is 2.22 bits per heavy atom. The average Bonchev–Trinajstić information content (AvgIpc) is 2.58. The van der Waals surface area contributed by atoms with E-state index in [1.807, 2.05) is 0 Å². The molecule has 0 unspecified atom stereocenters. The summed E-state index contributed by atoms with van der Waals surface area (Å²) in [6, 6.07) is 8.38. The Kier molecular flexibility index (Phi) is 2.93. The molecule has 0 saturated heterocycles. The Bertz CT molecular complexity index is 633. The van der Waals surface area contributed by atoms with Crippen molar-refractivity contribution in [2.24, 2.45) is 0 Å². The minimum absolute atomic E-state index is 0.102. The van der Waals surface area contributed by atoms with Gasteiger partial charge in [-0.05, 0) is 18.2 Å². The summed E-state index contributed by atoms with van der Waals surface area (Å²) in [6.45, 7) is -4.05. The summed E-state index contributed by atoms with van der Waals surface area (Å²) in [5.41, 5.74) is 0.654. The maximum Gasteiger partial charge on any atom is 0.414 e. The fourth-order valence-corrected chi connectivity index (χ4v) is 1.10. The number of hydrogen-bond donors (Lipinski definition) is 2. The van der Waals surface area contributed by atoms with Gasteiger partial charge in [0.25, 0.3) is 0 Å². The van der Waals surface area contributed by atoms with E-state index in [2.05, 4.69) is 0 Å². The normalized spacial score (nSPS) is 24.6. The van der Waals surface area contributed by atoms with Crippen molar-refractivity contribution in [1.29, 1.82) is 0 Å². The first kappa shape index (κ1) is 8.05. The fraction of sp³-hybridized carbons (Fsp3) is 0.231. The number of carbonyl (C=O) groups is 2. The lowest BCUT2D eigenvalue weighted by Crippen LogP contribution is -2.13. The van der Waals surface area contributed by atoms with Crippen LogP contribution in [0.1, 0.15) is 12.4 Å². The van der Waals surface area contributed by atoms with E-state index in [0.717, 1.165) is 4.90 Å². The minimum atomic E-state index is -2.07. The van der Waals surface area contributed by atoms with Crippen LogP contribution in [0.5, 0.6) is 0 Å². The highest BCUT2D eigenvalue weighted by Gasteiger charge is 2.10. The second-order valence-corrected chi connectivity index (χ2v) is 3.26. The summed E-state index contributed by atoms with van der Waals surface area (Å²) in [4.78, 5) is 19.1. The number of aliphatic carboxylic acids is 2. The SMILES string of the molecule is O=C(O)C(=O)O.[2H]C1=C(c2ccccc2)C([2H])([2H])N(C)C1([2H])[2H]. The van der Waals surface area contributed by atoms with Crippen LogP contribution < -0.4 is 0 Å². The van der Waals surface area contributed by atoms with Crippen molar-refractivity contribution >= 4 is 17.5 Å². The van der Waals surface area contributed by atoms with Crippen molar-refractivity contribution in [2.45, 2.75) is 0 Å². The minimum Gasteiger partial charge on any atom is -0.473 e. The Hall–Kier alpha value is -2.14. The summed E-state index contributed by atoms with van der Waals surface area (Å²) in [5.74, 6) is -3.65. The first-order valence-corrected chi connectivity index (χ1v) is 4.91. The van der Waals surface area contributed by atoms with E-state index in [1.165, 1.54) is 7.05 Å². The van der Waals surface area contributed by atoms with Crippen LogP contribution in [0.15, 0.2) is 36.4 Å². The molecule has 0 spiro atoms. The van der Waals surface area contributed by atoms with Gasteiger partial charge in [0, 0.05) is 18.5 Å². The fourth-order valence-electron chi connectivity index (χ4n) is 1.10. The molecule has 0 radical (unpaired) electrons. The van der Waals surface area contributed by atoms with Gasteiger partial charge >= 0.3 is 11.9 Å². The third-order valence-electron chi connectivity index (χ3n) is 1.87. The van der Waals surface area contributed by atoms with Crippen LogP contribution in [-0.2, 0) is 9.59 Å². The van der Waals surface area contributed by atoms with Crippen molar-refractivity contribution in [2.75, 3.05) is 20.0 Å². The molecular formula is C13H15NO4. The number of carboxylic acid groups (broad SMARTS) is 2. The lowest BCUT2D eigenvalue weighted by Gasteiger charge is -2.07. The van der Waals surface area contributed by atoms with Crippen molar-refractivity contribution in [3.63, 3.8) is 0 Å². The maximum atomic E-state index is 9.10. The molecule has 0 atom stereocenters. The molecule has 0 fully saturated rings. The highest BCUT2D eigenvalue weighted by molar-refractivity contribution is 6.27. The van der Waals surface area contributed by atoms with Crippen molar-refractivity contribution in [1.82, 2.24) is 4.90 Å². The Morgan fingerprint density at radius 1 is 1.28 bits per heavy atom. The van der Waals surface area contributed by atoms with E-state index in [4.69, 9.17) is 26.7 Å². The third kappa shape index (κ3) is 4.39. The molecule has 2 N–H and O–H groups in total. The van der Waals surface area contributed by atoms with Crippen LogP contribution in [0.3, 0.4) is 0 Å². The zero-order valence-corrected chi connectivity index (χ0v) is 9.54. The van der Waals surface area contributed by atoms with Crippen LogP contribution in [0.2, 0.25) is 0 Å². The quantitative estimate of drug-likeness (QED) is 0.736. The first-order valence-electron chi connectivity index (χ1n) is 7.41. The number of hydrogen-bond acceptors (Lipinski definition) is 3. The highest BCUT2D eigenvalue weighted by atomic mass is 16.4. The molecule has 1 aliphatic heterocycles. The summed E-state index contributed by atoms with van der Waals surface area (Å²) >= 11 is 0. The maximum absolute atomic E-state index is 9.10. The molecule has 1 heterocycles. The van der Waals surface area contributed by atoms with Gasteiger partial charge in [0.05, 0.1) is 1.37 Å². The summed E-state index contributed by atoms with van der Waals surface area (Å²) in [7, 11) is 1.35. The molecule has 0 aromatic heterocycles. The second kappa shape index (κ2) is 6.56. The van der Waals surface area contributed by atoms with E-state index in [0.29, 0.717) is 5.56 Å². The van der Waals surface area contributed by atoms with Gasteiger partial charge in [-0.1, -0.05) is 36.4 Å². The zero-order chi connectivity index (χ0) is 18.0. The Morgan fingerprint density at radius 2 is 1.83 bits per heavy atom. The summed E-state index contributed by atoms with van der Waals surface area (Å²) < 4.78 is 39.2. The van der Waals surface area contributed by atoms with Crippen LogP contribution >= 0.6 is 0 Å². The van der Waals surface area contributed by atoms with Gasteiger partial charge in [-0.25, -0.2) is 9.59 Å². The monoisotopic (exact) mass is 254 g/mol. The van der Waals surface area contributed by atoms with Crippen LogP contribution in [-0.4, -0.2) is 47.1 Å². The van der Waals surface area contributed by atoms with Crippen molar-refractivity contribution in [3.05, 3.63) is 41.9 Å². The summed E-state index contributed by atoms with van der Waals surface area (Å²) in [6.07, 6.45) is 0. The topological polar surface area (TPSA) is 77.8 Å². The predicted octanol–water partition coefficient (Wildman–Crippen LogP) is 1.17. The molecule has 0 aliphatic carbocycles. The predicted molar refractivity (Wildman–Crippen MR) is 67.2 cm³/mol. The molecule has 0 amide bonds. The van der Waals surface area contributed by atoms with Crippen molar-refractivity contribution < 1.29 is 26.7 Å². The highest BCUT2D eigenvalue weighted by Crippen LogP contribution is 2.18. The summed E-state index contributed by atoms with van der Waals surface area (Å²) in [5, 5.41) is 14.8. The molecule has 0 saturated carbocycles. The molecule has 96 valence electrons. The van der Waals surface area contributed by atoms with Crippen LogP contribution in [0.4, 0.5) is 0 Å². The van der Waals surface area contributed by atoms with Crippen LogP contribution in [0.25, 0.3) is 5.57 Å². The zero-order valence-electron chi connectivity index (χ0n) is 14.5.